The van der Waals surface area contributed by atoms with Crippen molar-refractivity contribution in [1.82, 2.24) is 10.6 Å². The number of methoxy groups -OCH3 is 2. The van der Waals surface area contributed by atoms with Crippen LogP contribution in [0.2, 0.25) is 0 Å². The van der Waals surface area contributed by atoms with Gasteiger partial charge < -0.3 is 24.8 Å². The molecule has 1 saturated carbocycles. The van der Waals surface area contributed by atoms with Crippen molar-refractivity contribution in [3.63, 3.8) is 0 Å². The molecule has 6 heteroatoms. The van der Waals surface area contributed by atoms with E-state index in [1.54, 1.807) is 14.2 Å². The standard InChI is InChI=1S/C20H30N2O4/c1-24-17-4-3-5-18(20(17)25-2)26-16-8-6-15(7-9-16)22-19(23)12-14-10-11-21-13-14/h3-5,14-16,21H,6-13H2,1-2H3,(H,22,23). The predicted molar refractivity (Wildman–Crippen MR) is 100.0 cm³/mol. The quantitative estimate of drug-likeness (QED) is 0.780. The number of para-hydroxylation sites is 1. The van der Waals surface area contributed by atoms with Crippen LogP contribution in [-0.2, 0) is 4.79 Å². The van der Waals surface area contributed by atoms with Crippen LogP contribution in [0.1, 0.15) is 38.5 Å². The molecule has 1 aliphatic heterocycles. The van der Waals surface area contributed by atoms with Gasteiger partial charge in [0.25, 0.3) is 0 Å². The number of hydrogen-bond donors (Lipinski definition) is 2. The van der Waals surface area contributed by atoms with Gasteiger partial charge in [-0.2, -0.15) is 0 Å². The van der Waals surface area contributed by atoms with E-state index in [4.69, 9.17) is 14.2 Å². The third kappa shape index (κ3) is 4.81. The molecule has 1 aromatic carbocycles. The van der Waals surface area contributed by atoms with Crippen molar-refractivity contribution in [3.05, 3.63) is 18.2 Å². The van der Waals surface area contributed by atoms with Crippen molar-refractivity contribution in [1.29, 1.82) is 0 Å². The van der Waals surface area contributed by atoms with Gasteiger partial charge in [-0.1, -0.05) is 6.07 Å². The van der Waals surface area contributed by atoms with Gasteiger partial charge in [-0.3, -0.25) is 4.79 Å². The van der Waals surface area contributed by atoms with Gasteiger partial charge in [0.2, 0.25) is 11.7 Å². The molecule has 26 heavy (non-hydrogen) atoms. The number of benzene rings is 1. The van der Waals surface area contributed by atoms with E-state index in [0.717, 1.165) is 45.2 Å². The third-order valence-electron chi connectivity index (χ3n) is 5.34. The Kier molecular flexibility index (Phi) is 6.61. The van der Waals surface area contributed by atoms with Gasteiger partial charge in [0, 0.05) is 12.5 Å². The molecule has 2 fully saturated rings. The third-order valence-corrected chi connectivity index (χ3v) is 5.34. The highest BCUT2D eigenvalue weighted by Gasteiger charge is 2.26. The molecule has 0 spiro atoms. The van der Waals surface area contributed by atoms with Gasteiger partial charge in [-0.25, -0.2) is 0 Å². The topological polar surface area (TPSA) is 68.8 Å². The second-order valence-electron chi connectivity index (χ2n) is 7.21. The van der Waals surface area contributed by atoms with E-state index < -0.39 is 0 Å². The summed E-state index contributed by atoms with van der Waals surface area (Å²) in [7, 11) is 3.24. The zero-order valence-electron chi connectivity index (χ0n) is 15.8. The molecular formula is C20H30N2O4. The molecule has 0 aromatic heterocycles. The number of amides is 1. The van der Waals surface area contributed by atoms with Crippen molar-refractivity contribution in [2.45, 2.75) is 50.7 Å². The molecule has 1 aliphatic carbocycles. The molecule has 1 aromatic rings. The first-order valence-electron chi connectivity index (χ1n) is 9.57. The van der Waals surface area contributed by atoms with E-state index >= 15 is 0 Å². The second-order valence-corrected chi connectivity index (χ2v) is 7.21. The van der Waals surface area contributed by atoms with Gasteiger partial charge in [0.15, 0.2) is 11.5 Å². The van der Waals surface area contributed by atoms with Crippen LogP contribution in [0.4, 0.5) is 0 Å². The number of ether oxygens (including phenoxy) is 3. The Morgan fingerprint density at radius 3 is 2.54 bits per heavy atom. The number of nitrogens with one attached hydrogen (secondary N) is 2. The second kappa shape index (κ2) is 9.12. The van der Waals surface area contributed by atoms with Gasteiger partial charge in [0.05, 0.1) is 20.3 Å². The normalized spacial score (nSPS) is 25.5. The lowest BCUT2D eigenvalue weighted by Crippen LogP contribution is -2.40. The van der Waals surface area contributed by atoms with Gasteiger partial charge >= 0.3 is 0 Å². The molecule has 3 rings (SSSR count). The monoisotopic (exact) mass is 362 g/mol. The maximum absolute atomic E-state index is 12.2. The summed E-state index contributed by atoms with van der Waals surface area (Å²) in [5.74, 6) is 2.71. The van der Waals surface area contributed by atoms with Crippen molar-refractivity contribution >= 4 is 5.91 Å². The van der Waals surface area contributed by atoms with Crippen LogP contribution < -0.4 is 24.8 Å². The number of carbonyl (C=O) groups excluding carboxylic acids is 1. The molecule has 1 heterocycles. The lowest BCUT2D eigenvalue weighted by molar-refractivity contribution is -0.122. The predicted octanol–water partition coefficient (Wildman–Crippen LogP) is 2.51. The first-order valence-corrected chi connectivity index (χ1v) is 9.57. The molecule has 6 nitrogen and oxygen atoms in total. The van der Waals surface area contributed by atoms with Crippen LogP contribution in [-0.4, -0.2) is 45.4 Å². The highest BCUT2D eigenvalue weighted by molar-refractivity contribution is 5.76. The summed E-state index contributed by atoms with van der Waals surface area (Å²) < 4.78 is 16.9. The average Bonchev–Trinajstić information content (AvgIpc) is 3.16. The summed E-state index contributed by atoms with van der Waals surface area (Å²) in [4.78, 5) is 12.2. The maximum atomic E-state index is 12.2. The van der Waals surface area contributed by atoms with Crippen LogP contribution in [0.25, 0.3) is 0 Å². The van der Waals surface area contributed by atoms with E-state index in [0.29, 0.717) is 29.6 Å². The summed E-state index contributed by atoms with van der Waals surface area (Å²) in [6.45, 7) is 2.00. The summed E-state index contributed by atoms with van der Waals surface area (Å²) in [5, 5.41) is 6.52. The molecule has 1 unspecified atom stereocenters. The Labute approximate surface area is 155 Å². The summed E-state index contributed by atoms with van der Waals surface area (Å²) in [6.07, 6.45) is 5.65. The SMILES string of the molecule is COc1cccc(OC2CCC(NC(=O)CC3CCNC3)CC2)c1OC. The first-order chi connectivity index (χ1) is 12.7. The molecule has 0 radical (unpaired) electrons. The minimum Gasteiger partial charge on any atom is -0.493 e. The van der Waals surface area contributed by atoms with Crippen LogP contribution in [0, 0.1) is 5.92 Å². The fraction of sp³-hybridized carbons (Fsp3) is 0.650. The Morgan fingerprint density at radius 1 is 1.12 bits per heavy atom. The summed E-state index contributed by atoms with van der Waals surface area (Å²) in [6, 6.07) is 5.94. The minimum atomic E-state index is 0.142. The maximum Gasteiger partial charge on any atom is 0.220 e. The lowest BCUT2D eigenvalue weighted by Gasteiger charge is -2.30. The largest absolute Gasteiger partial charge is 0.493 e. The van der Waals surface area contributed by atoms with Gasteiger partial charge in [-0.15, -0.1) is 0 Å². The van der Waals surface area contributed by atoms with E-state index in [1.807, 2.05) is 18.2 Å². The smallest absolute Gasteiger partial charge is 0.220 e. The lowest BCUT2D eigenvalue weighted by atomic mass is 9.92. The fourth-order valence-electron chi connectivity index (χ4n) is 3.89. The molecular weight excluding hydrogens is 332 g/mol. The zero-order chi connectivity index (χ0) is 18.4. The van der Waals surface area contributed by atoms with Crippen molar-refractivity contribution in [2.24, 2.45) is 5.92 Å². The minimum absolute atomic E-state index is 0.142. The van der Waals surface area contributed by atoms with Gasteiger partial charge in [0.1, 0.15) is 0 Å². The average molecular weight is 362 g/mol. The molecule has 144 valence electrons. The van der Waals surface area contributed by atoms with Gasteiger partial charge in [-0.05, 0) is 63.2 Å². The fourth-order valence-corrected chi connectivity index (χ4v) is 3.89. The van der Waals surface area contributed by atoms with Crippen molar-refractivity contribution in [3.8, 4) is 17.2 Å². The van der Waals surface area contributed by atoms with Crippen molar-refractivity contribution in [2.75, 3.05) is 27.3 Å². The molecule has 1 atom stereocenters. The number of carbonyl (C=O) groups is 1. The summed E-state index contributed by atoms with van der Waals surface area (Å²) >= 11 is 0. The van der Waals surface area contributed by atoms with E-state index in [2.05, 4.69) is 10.6 Å². The van der Waals surface area contributed by atoms with Crippen LogP contribution >= 0.6 is 0 Å². The number of hydrogen-bond acceptors (Lipinski definition) is 5. The Balaban J connectivity index is 1.46. The van der Waals surface area contributed by atoms with E-state index in [1.165, 1.54) is 0 Å². The molecule has 0 bridgehead atoms. The Hall–Kier alpha value is -1.95. The molecule has 1 saturated heterocycles. The van der Waals surface area contributed by atoms with Crippen LogP contribution in [0.15, 0.2) is 18.2 Å². The molecule has 2 N–H and O–H groups in total. The highest BCUT2D eigenvalue weighted by Crippen LogP contribution is 2.38. The zero-order valence-corrected chi connectivity index (χ0v) is 15.8. The van der Waals surface area contributed by atoms with Crippen LogP contribution in [0.5, 0.6) is 17.2 Å². The van der Waals surface area contributed by atoms with Crippen molar-refractivity contribution < 1.29 is 19.0 Å². The van der Waals surface area contributed by atoms with E-state index in [-0.39, 0.29) is 18.1 Å². The van der Waals surface area contributed by atoms with Crippen LogP contribution in [0.3, 0.4) is 0 Å². The Morgan fingerprint density at radius 2 is 1.88 bits per heavy atom. The molecule has 1 amide bonds. The highest BCUT2D eigenvalue weighted by atomic mass is 16.5. The van der Waals surface area contributed by atoms with E-state index in [9.17, 15) is 4.79 Å². The number of rotatable bonds is 7. The summed E-state index contributed by atoms with van der Waals surface area (Å²) in [5.41, 5.74) is 0. The molecule has 2 aliphatic rings. The first kappa shape index (κ1) is 18.8. The Bertz CT molecular complexity index is 593.